The molecule has 0 aromatic carbocycles. The molecule has 100 valence electrons. The van der Waals surface area contributed by atoms with Crippen LogP contribution in [0.2, 0.25) is 5.02 Å². The van der Waals surface area contributed by atoms with Crippen LogP contribution >= 0.6 is 11.6 Å². The quantitative estimate of drug-likeness (QED) is 0.614. The lowest BCUT2D eigenvalue weighted by Gasteiger charge is -2.18. The highest BCUT2D eigenvalue weighted by Gasteiger charge is 2.21. The molecule has 6 nitrogen and oxygen atoms in total. The van der Waals surface area contributed by atoms with E-state index in [-0.39, 0.29) is 30.3 Å². The van der Waals surface area contributed by atoms with Crippen molar-refractivity contribution in [3.05, 3.63) is 23.0 Å². The summed E-state index contributed by atoms with van der Waals surface area (Å²) in [7, 11) is 0. The maximum atomic E-state index is 10.7. The van der Waals surface area contributed by atoms with Crippen molar-refractivity contribution in [1.29, 1.82) is 0 Å². The minimum atomic E-state index is -1.21. The van der Waals surface area contributed by atoms with Crippen LogP contribution in [0.5, 0.6) is 0 Å². The molecule has 0 aliphatic carbocycles. The Morgan fingerprint density at radius 2 is 2.28 bits per heavy atom. The second kappa shape index (κ2) is 6.53. The molecule has 2 atom stereocenters. The van der Waals surface area contributed by atoms with E-state index in [1.54, 1.807) is 0 Å². The molecule has 0 bridgehead atoms. The van der Waals surface area contributed by atoms with Crippen LogP contribution in [0.1, 0.15) is 25.1 Å². The third-order valence-electron chi connectivity index (χ3n) is 2.37. The highest BCUT2D eigenvalue weighted by Crippen LogP contribution is 2.24. The van der Waals surface area contributed by atoms with Crippen LogP contribution in [0.25, 0.3) is 0 Å². The number of pyridine rings is 1. The molecule has 0 radical (unpaired) electrons. The predicted molar refractivity (Wildman–Crippen MR) is 67.9 cm³/mol. The van der Waals surface area contributed by atoms with Crippen LogP contribution in [0.4, 0.5) is 5.69 Å². The van der Waals surface area contributed by atoms with Gasteiger partial charge in [0.1, 0.15) is 6.10 Å². The second-order valence-corrected chi connectivity index (χ2v) is 4.35. The summed E-state index contributed by atoms with van der Waals surface area (Å²) in [6.07, 6.45) is -0.731. The highest BCUT2D eigenvalue weighted by molar-refractivity contribution is 6.30. The van der Waals surface area contributed by atoms with Gasteiger partial charge in [-0.05, 0) is 12.5 Å². The van der Waals surface area contributed by atoms with Gasteiger partial charge in [-0.3, -0.25) is 9.78 Å². The van der Waals surface area contributed by atoms with Crippen LogP contribution in [-0.4, -0.2) is 33.8 Å². The van der Waals surface area contributed by atoms with Gasteiger partial charge in [-0.1, -0.05) is 11.6 Å². The molecule has 7 heteroatoms. The molecule has 1 aromatic rings. The minimum Gasteiger partial charge on any atom is -0.397 e. The number of anilines is 1. The highest BCUT2D eigenvalue weighted by atomic mass is 35.5. The summed E-state index contributed by atoms with van der Waals surface area (Å²) < 4.78 is 0. The molecular weight excluding hydrogens is 258 g/mol. The number of nitrogens with zero attached hydrogens (tertiary/aromatic N) is 1. The van der Waals surface area contributed by atoms with E-state index in [2.05, 4.69) is 10.3 Å². The van der Waals surface area contributed by atoms with Gasteiger partial charge < -0.3 is 21.3 Å². The molecule has 1 rings (SSSR count). The van der Waals surface area contributed by atoms with Gasteiger partial charge in [0.15, 0.2) is 0 Å². The molecule has 0 saturated carbocycles. The number of rotatable bonds is 5. The smallest absolute Gasteiger partial charge is 0.216 e. The monoisotopic (exact) mass is 273 g/mol. The van der Waals surface area contributed by atoms with Crippen LogP contribution in [-0.2, 0) is 4.79 Å². The van der Waals surface area contributed by atoms with Gasteiger partial charge >= 0.3 is 0 Å². The molecule has 0 fully saturated rings. The minimum absolute atomic E-state index is 0.176. The van der Waals surface area contributed by atoms with E-state index in [9.17, 15) is 15.0 Å². The van der Waals surface area contributed by atoms with E-state index < -0.39 is 12.2 Å². The fraction of sp³-hybridized carbons (Fsp3) is 0.455. The van der Waals surface area contributed by atoms with E-state index in [0.717, 1.165) is 0 Å². The van der Waals surface area contributed by atoms with Crippen LogP contribution in [0, 0.1) is 0 Å². The Morgan fingerprint density at radius 3 is 2.83 bits per heavy atom. The van der Waals surface area contributed by atoms with Crippen LogP contribution < -0.4 is 11.1 Å². The number of carbonyl (C=O) groups excluding carboxylic acids is 1. The first-order chi connectivity index (χ1) is 8.41. The van der Waals surface area contributed by atoms with Crippen molar-refractivity contribution < 1.29 is 15.0 Å². The average molecular weight is 274 g/mol. The molecule has 0 spiro atoms. The summed E-state index contributed by atoms with van der Waals surface area (Å²) in [6, 6.07) is 1.45. The van der Waals surface area contributed by atoms with Crippen LogP contribution in [0.15, 0.2) is 12.3 Å². The lowest BCUT2D eigenvalue weighted by atomic mass is 10.1. The molecule has 1 amide bonds. The lowest BCUT2D eigenvalue weighted by Crippen LogP contribution is -2.28. The van der Waals surface area contributed by atoms with Gasteiger partial charge in [-0.25, -0.2) is 0 Å². The van der Waals surface area contributed by atoms with Gasteiger partial charge in [-0.2, -0.15) is 0 Å². The van der Waals surface area contributed by atoms with Gasteiger partial charge in [0, 0.05) is 19.7 Å². The molecular formula is C11H16ClN3O3. The van der Waals surface area contributed by atoms with Gasteiger partial charge in [0.25, 0.3) is 0 Å². The van der Waals surface area contributed by atoms with Crippen molar-refractivity contribution in [1.82, 2.24) is 10.3 Å². The maximum absolute atomic E-state index is 10.7. The SMILES string of the molecule is CC(=O)NCCC(O)C(O)c1ncc(Cl)cc1N. The zero-order valence-electron chi connectivity index (χ0n) is 9.93. The third kappa shape index (κ3) is 4.14. The third-order valence-corrected chi connectivity index (χ3v) is 2.58. The molecule has 1 aromatic heterocycles. The Balaban J connectivity index is 2.62. The number of hydrogen-bond donors (Lipinski definition) is 4. The Bertz CT molecular complexity index is 428. The number of aromatic nitrogens is 1. The van der Waals surface area contributed by atoms with E-state index in [4.69, 9.17) is 17.3 Å². The summed E-state index contributed by atoms with van der Waals surface area (Å²) in [4.78, 5) is 14.5. The van der Waals surface area contributed by atoms with Gasteiger partial charge in [0.05, 0.1) is 22.5 Å². The number of aliphatic hydroxyl groups is 2. The number of hydrogen-bond acceptors (Lipinski definition) is 5. The van der Waals surface area contributed by atoms with Crippen molar-refractivity contribution in [2.24, 2.45) is 0 Å². The number of halogens is 1. The van der Waals surface area contributed by atoms with Crippen molar-refractivity contribution in [2.45, 2.75) is 25.6 Å². The number of nitrogens with one attached hydrogen (secondary N) is 1. The Labute approximate surface area is 110 Å². The fourth-order valence-electron chi connectivity index (χ4n) is 1.45. The zero-order valence-corrected chi connectivity index (χ0v) is 10.7. The van der Waals surface area contributed by atoms with E-state index in [0.29, 0.717) is 5.02 Å². The van der Waals surface area contributed by atoms with Crippen molar-refractivity contribution >= 4 is 23.2 Å². The summed E-state index contributed by atoms with van der Waals surface area (Å²) >= 11 is 5.69. The predicted octanol–water partition coefficient (Wildman–Crippen LogP) is 0.238. The standard InChI is InChI=1S/C11H16ClN3O3/c1-6(16)14-3-2-9(17)11(18)10-8(13)4-7(12)5-15-10/h4-5,9,11,17-18H,2-3,13H2,1H3,(H,14,16). The summed E-state index contributed by atoms with van der Waals surface area (Å²) in [5.41, 5.74) is 6.04. The van der Waals surface area contributed by atoms with Crippen molar-refractivity contribution in [2.75, 3.05) is 12.3 Å². The second-order valence-electron chi connectivity index (χ2n) is 3.91. The molecule has 18 heavy (non-hydrogen) atoms. The van der Waals surface area contributed by atoms with Gasteiger partial charge in [-0.15, -0.1) is 0 Å². The number of carbonyl (C=O) groups is 1. The number of nitrogens with two attached hydrogens (primary N) is 1. The zero-order chi connectivity index (χ0) is 13.7. The summed E-state index contributed by atoms with van der Waals surface area (Å²) in [5, 5.41) is 22.5. The first-order valence-corrected chi connectivity index (χ1v) is 5.81. The Morgan fingerprint density at radius 1 is 1.61 bits per heavy atom. The molecule has 1 heterocycles. The first kappa shape index (κ1) is 14.7. The number of amides is 1. The van der Waals surface area contributed by atoms with Crippen molar-refractivity contribution in [3.8, 4) is 0 Å². The largest absolute Gasteiger partial charge is 0.397 e. The summed E-state index contributed by atoms with van der Waals surface area (Å²) in [6.45, 7) is 1.64. The average Bonchev–Trinajstić information content (AvgIpc) is 2.27. The molecule has 2 unspecified atom stereocenters. The number of aliphatic hydroxyl groups excluding tert-OH is 2. The van der Waals surface area contributed by atoms with E-state index in [1.807, 2.05) is 0 Å². The van der Waals surface area contributed by atoms with Crippen molar-refractivity contribution in [3.63, 3.8) is 0 Å². The van der Waals surface area contributed by atoms with E-state index >= 15 is 0 Å². The first-order valence-electron chi connectivity index (χ1n) is 5.43. The molecule has 0 aliphatic heterocycles. The molecule has 0 aliphatic rings. The van der Waals surface area contributed by atoms with Crippen LogP contribution in [0.3, 0.4) is 0 Å². The van der Waals surface area contributed by atoms with E-state index in [1.165, 1.54) is 19.2 Å². The van der Waals surface area contributed by atoms with Gasteiger partial charge in [0.2, 0.25) is 5.91 Å². The number of nitrogen functional groups attached to an aromatic ring is 1. The normalized spacial score (nSPS) is 14.0. The summed E-state index contributed by atoms with van der Waals surface area (Å²) in [5.74, 6) is -0.194. The topological polar surface area (TPSA) is 108 Å². The molecule has 0 saturated heterocycles. The molecule has 5 N–H and O–H groups in total. The maximum Gasteiger partial charge on any atom is 0.216 e. The Hall–Kier alpha value is -1.37. The Kier molecular flexibility index (Phi) is 5.33. The lowest BCUT2D eigenvalue weighted by molar-refractivity contribution is -0.119. The fourth-order valence-corrected chi connectivity index (χ4v) is 1.62.